The molecule has 0 saturated carbocycles. The molecule has 1 aromatic carbocycles. The van der Waals surface area contributed by atoms with Gasteiger partial charge in [0.2, 0.25) is 5.91 Å². The van der Waals surface area contributed by atoms with Gasteiger partial charge in [-0.25, -0.2) is 0 Å². The van der Waals surface area contributed by atoms with E-state index in [0.717, 1.165) is 0 Å². The van der Waals surface area contributed by atoms with E-state index in [1.807, 2.05) is 0 Å². The van der Waals surface area contributed by atoms with E-state index in [9.17, 15) is 18.4 Å². The third-order valence-electron chi connectivity index (χ3n) is 3.60. The minimum atomic E-state index is -2.98. The number of carboxylic acids is 1. The molecule has 1 aliphatic heterocycles. The Labute approximate surface area is 144 Å². The lowest BCUT2D eigenvalue weighted by Crippen LogP contribution is -2.42. The number of ether oxygens (including phenoxy) is 1. The summed E-state index contributed by atoms with van der Waals surface area (Å²) in [7, 11) is 0. The minimum Gasteiger partial charge on any atom is -0.481 e. The van der Waals surface area contributed by atoms with Crippen LogP contribution in [-0.2, 0) is 9.59 Å². The van der Waals surface area contributed by atoms with Crippen molar-refractivity contribution in [3.05, 3.63) is 24.3 Å². The van der Waals surface area contributed by atoms with Gasteiger partial charge in [0, 0.05) is 6.54 Å². The molecule has 0 aromatic heterocycles. The van der Waals surface area contributed by atoms with Crippen LogP contribution in [0.15, 0.2) is 24.3 Å². The summed E-state index contributed by atoms with van der Waals surface area (Å²) in [5, 5.41) is 11.6. The summed E-state index contributed by atoms with van der Waals surface area (Å²) >= 11 is 0. The van der Waals surface area contributed by atoms with Crippen LogP contribution in [0, 0.1) is 5.92 Å². The maximum Gasteiger partial charge on any atom is 0.387 e. The van der Waals surface area contributed by atoms with Crippen molar-refractivity contribution in [3.8, 4) is 5.75 Å². The van der Waals surface area contributed by atoms with E-state index in [1.165, 1.54) is 18.2 Å². The highest BCUT2D eigenvalue weighted by atomic mass is 35.5. The fourth-order valence-electron chi connectivity index (χ4n) is 2.56. The minimum absolute atomic E-state index is 0. The van der Waals surface area contributed by atoms with Crippen molar-refractivity contribution in [1.29, 1.82) is 0 Å². The first-order valence-corrected chi connectivity index (χ1v) is 7.24. The Balaban J connectivity index is 0.00000288. The molecule has 24 heavy (non-hydrogen) atoms. The lowest BCUT2D eigenvalue weighted by atomic mass is 9.98. The topological polar surface area (TPSA) is 78.9 Å². The van der Waals surface area contributed by atoms with Gasteiger partial charge in [0.05, 0.1) is 18.2 Å². The average molecular weight is 365 g/mol. The monoisotopic (exact) mass is 364 g/mol. The van der Waals surface area contributed by atoms with Gasteiger partial charge in [-0.1, -0.05) is 12.1 Å². The first-order valence-electron chi connectivity index (χ1n) is 7.24. The van der Waals surface area contributed by atoms with Crippen LogP contribution >= 0.6 is 12.4 Å². The predicted octanol–water partition coefficient (Wildman–Crippen LogP) is 2.44. The number of carbonyl (C=O) groups excluding carboxylic acids is 1. The molecule has 1 atom stereocenters. The molecule has 1 heterocycles. The molecule has 1 amide bonds. The molecule has 2 N–H and O–H groups in total. The van der Waals surface area contributed by atoms with Crippen molar-refractivity contribution in [2.75, 3.05) is 25.0 Å². The van der Waals surface area contributed by atoms with E-state index in [4.69, 9.17) is 5.11 Å². The average Bonchev–Trinajstić information content (AvgIpc) is 2.49. The number of hydrogen-bond acceptors (Lipinski definition) is 4. The van der Waals surface area contributed by atoms with E-state index in [-0.39, 0.29) is 30.4 Å². The standard InChI is InChI=1S/C15H18F2N2O4.ClH/c16-15(17)23-12-6-2-1-5-11(12)18-13(20)9-19-7-3-4-10(8-19)14(21)22;/h1-2,5-6,10,15H,3-4,7-9H2,(H,18,20)(H,21,22);1H. The van der Waals surface area contributed by atoms with Crippen LogP contribution in [0.1, 0.15) is 12.8 Å². The van der Waals surface area contributed by atoms with E-state index >= 15 is 0 Å². The molecule has 2 rings (SSSR count). The predicted molar refractivity (Wildman–Crippen MR) is 85.8 cm³/mol. The van der Waals surface area contributed by atoms with Crippen LogP contribution in [0.25, 0.3) is 0 Å². The van der Waals surface area contributed by atoms with E-state index in [2.05, 4.69) is 10.1 Å². The number of anilines is 1. The van der Waals surface area contributed by atoms with E-state index in [1.54, 1.807) is 11.0 Å². The number of likely N-dealkylation sites (tertiary alicyclic amines) is 1. The van der Waals surface area contributed by atoms with Crippen molar-refractivity contribution in [1.82, 2.24) is 4.90 Å². The molecule has 1 unspecified atom stereocenters. The first-order chi connectivity index (χ1) is 11.0. The van der Waals surface area contributed by atoms with Gasteiger partial charge < -0.3 is 15.2 Å². The number of piperidine rings is 1. The van der Waals surface area contributed by atoms with Crippen LogP contribution in [-0.4, -0.2) is 48.1 Å². The van der Waals surface area contributed by atoms with Crippen molar-refractivity contribution in [3.63, 3.8) is 0 Å². The van der Waals surface area contributed by atoms with Crippen LogP contribution in [0.5, 0.6) is 5.75 Å². The third-order valence-corrected chi connectivity index (χ3v) is 3.60. The number of hydrogen-bond donors (Lipinski definition) is 2. The van der Waals surface area contributed by atoms with Crippen molar-refractivity contribution < 1.29 is 28.2 Å². The van der Waals surface area contributed by atoms with Gasteiger partial charge in [-0.2, -0.15) is 8.78 Å². The maximum atomic E-state index is 12.3. The molecular formula is C15H19ClF2N2O4. The third kappa shape index (κ3) is 5.93. The van der Waals surface area contributed by atoms with Gasteiger partial charge in [0.15, 0.2) is 0 Å². The number of amides is 1. The Kier molecular flexibility index (Phi) is 7.87. The summed E-state index contributed by atoms with van der Waals surface area (Å²) in [6.07, 6.45) is 1.30. The number of alkyl halides is 2. The highest BCUT2D eigenvalue weighted by molar-refractivity contribution is 5.93. The van der Waals surface area contributed by atoms with Crippen molar-refractivity contribution in [2.24, 2.45) is 5.92 Å². The summed E-state index contributed by atoms with van der Waals surface area (Å²) < 4.78 is 29.0. The van der Waals surface area contributed by atoms with Crippen LogP contribution in [0.2, 0.25) is 0 Å². The normalized spacial score (nSPS) is 17.9. The van der Waals surface area contributed by atoms with E-state index in [0.29, 0.717) is 25.9 Å². The van der Waals surface area contributed by atoms with Crippen LogP contribution < -0.4 is 10.1 Å². The molecule has 0 radical (unpaired) electrons. The molecule has 1 aliphatic rings. The molecule has 1 saturated heterocycles. The van der Waals surface area contributed by atoms with Crippen LogP contribution in [0.4, 0.5) is 14.5 Å². The number of benzene rings is 1. The summed E-state index contributed by atoms with van der Waals surface area (Å²) in [5.74, 6) is -1.86. The lowest BCUT2D eigenvalue weighted by Gasteiger charge is -2.29. The zero-order valence-corrected chi connectivity index (χ0v) is 13.6. The second-order valence-electron chi connectivity index (χ2n) is 5.34. The zero-order valence-electron chi connectivity index (χ0n) is 12.8. The SMILES string of the molecule is Cl.O=C(CN1CCCC(C(=O)O)C1)Nc1ccccc1OC(F)F. The molecular weight excluding hydrogens is 346 g/mol. The second-order valence-corrected chi connectivity index (χ2v) is 5.34. The summed E-state index contributed by atoms with van der Waals surface area (Å²) in [6.45, 7) is -2.04. The molecule has 1 aromatic rings. The quantitative estimate of drug-likeness (QED) is 0.810. The zero-order chi connectivity index (χ0) is 16.8. The second kappa shape index (κ2) is 9.39. The number of carbonyl (C=O) groups is 2. The highest BCUT2D eigenvalue weighted by Crippen LogP contribution is 2.25. The van der Waals surface area contributed by atoms with E-state index < -0.39 is 24.4 Å². The molecule has 1 fully saturated rings. The number of carboxylic acid groups (broad SMARTS) is 1. The Morgan fingerprint density at radius 2 is 2.08 bits per heavy atom. The highest BCUT2D eigenvalue weighted by Gasteiger charge is 2.26. The Hall–Kier alpha value is -1.93. The van der Waals surface area contributed by atoms with Gasteiger partial charge in [-0.3, -0.25) is 14.5 Å². The number of halogens is 3. The van der Waals surface area contributed by atoms with Crippen molar-refractivity contribution in [2.45, 2.75) is 19.5 Å². The molecule has 134 valence electrons. The fraction of sp³-hybridized carbons (Fsp3) is 0.467. The number of nitrogens with zero attached hydrogens (tertiary/aromatic N) is 1. The molecule has 9 heteroatoms. The first kappa shape index (κ1) is 20.1. The largest absolute Gasteiger partial charge is 0.481 e. The van der Waals surface area contributed by atoms with Crippen LogP contribution in [0.3, 0.4) is 0 Å². The fourth-order valence-corrected chi connectivity index (χ4v) is 2.56. The smallest absolute Gasteiger partial charge is 0.387 e. The molecule has 0 aliphatic carbocycles. The number of aliphatic carboxylic acids is 1. The van der Waals surface area contributed by atoms with Crippen molar-refractivity contribution >= 4 is 30.0 Å². The van der Waals surface area contributed by atoms with Gasteiger partial charge in [0.25, 0.3) is 0 Å². The van der Waals surface area contributed by atoms with Gasteiger partial charge in [0.1, 0.15) is 5.75 Å². The number of rotatable bonds is 6. The Bertz CT molecular complexity index is 574. The number of nitrogens with one attached hydrogen (secondary N) is 1. The number of para-hydroxylation sites is 2. The molecule has 0 spiro atoms. The maximum absolute atomic E-state index is 12.3. The molecule has 0 bridgehead atoms. The van der Waals surface area contributed by atoms with Gasteiger partial charge in [-0.15, -0.1) is 12.4 Å². The lowest BCUT2D eigenvalue weighted by molar-refractivity contribution is -0.144. The Morgan fingerprint density at radius 1 is 1.38 bits per heavy atom. The summed E-state index contributed by atoms with van der Waals surface area (Å²) in [5.41, 5.74) is 0.157. The van der Waals surface area contributed by atoms with Gasteiger partial charge in [-0.05, 0) is 31.5 Å². The summed E-state index contributed by atoms with van der Waals surface area (Å²) in [4.78, 5) is 24.8. The molecule has 6 nitrogen and oxygen atoms in total. The van der Waals surface area contributed by atoms with Gasteiger partial charge >= 0.3 is 12.6 Å². The Morgan fingerprint density at radius 3 is 2.75 bits per heavy atom. The summed E-state index contributed by atoms with van der Waals surface area (Å²) in [6, 6.07) is 5.92.